The average Bonchev–Trinajstić information content (AvgIpc) is 2.41. The Balaban J connectivity index is 2.11. The van der Waals surface area contributed by atoms with Gasteiger partial charge >= 0.3 is 0 Å². The number of nitrogens with zero attached hydrogens (tertiary/aromatic N) is 2. The number of hydrogen-bond acceptors (Lipinski definition) is 4. The van der Waals surface area contributed by atoms with Crippen LogP contribution in [0.1, 0.15) is 11.1 Å². The van der Waals surface area contributed by atoms with Crippen LogP contribution in [0.25, 0.3) is 0 Å². The fourth-order valence-corrected chi connectivity index (χ4v) is 1.57. The van der Waals surface area contributed by atoms with Crippen LogP contribution in [0.15, 0.2) is 53.6 Å². The lowest BCUT2D eigenvalue weighted by Crippen LogP contribution is -1.96. The Labute approximate surface area is 110 Å². The molecule has 2 aromatic rings. The molecule has 0 aliphatic carbocycles. The second-order valence-corrected chi connectivity index (χ2v) is 4.05. The predicted molar refractivity (Wildman–Crippen MR) is 75.5 cm³/mol. The Kier molecular flexibility index (Phi) is 3.87. The predicted octanol–water partition coefficient (Wildman–Crippen LogP) is 3.35. The summed E-state index contributed by atoms with van der Waals surface area (Å²) in [4.78, 5) is 10.4. The third-order valence-electron chi connectivity index (χ3n) is 2.58. The molecular formula is C14H13N3O2. The average molecular weight is 255 g/mol. The van der Waals surface area contributed by atoms with Gasteiger partial charge in [-0.25, -0.2) is 0 Å². The first-order valence-electron chi connectivity index (χ1n) is 5.76. The van der Waals surface area contributed by atoms with Gasteiger partial charge in [0.05, 0.1) is 22.4 Å². The number of para-hydroxylation sites is 1. The van der Waals surface area contributed by atoms with Crippen LogP contribution in [0.4, 0.5) is 11.4 Å². The van der Waals surface area contributed by atoms with Gasteiger partial charge in [0.2, 0.25) is 0 Å². The number of nitrogens with one attached hydrogen (secondary N) is 1. The van der Waals surface area contributed by atoms with E-state index in [1.165, 1.54) is 12.3 Å². The summed E-state index contributed by atoms with van der Waals surface area (Å²) in [5.41, 5.74) is 5.33. The van der Waals surface area contributed by atoms with Gasteiger partial charge in [-0.3, -0.25) is 15.5 Å². The molecule has 0 saturated heterocycles. The monoisotopic (exact) mass is 255 g/mol. The summed E-state index contributed by atoms with van der Waals surface area (Å²) in [5.74, 6) is 0. The van der Waals surface area contributed by atoms with Crippen LogP contribution in [0.3, 0.4) is 0 Å². The van der Waals surface area contributed by atoms with Crippen LogP contribution in [-0.4, -0.2) is 11.1 Å². The lowest BCUT2D eigenvalue weighted by Gasteiger charge is -2.00. The van der Waals surface area contributed by atoms with Crippen molar-refractivity contribution in [3.63, 3.8) is 0 Å². The summed E-state index contributed by atoms with van der Waals surface area (Å²) in [6.45, 7) is 2.00. The van der Waals surface area contributed by atoms with Crippen molar-refractivity contribution in [2.24, 2.45) is 5.10 Å². The molecule has 0 amide bonds. The number of rotatable bonds is 4. The van der Waals surface area contributed by atoms with E-state index < -0.39 is 4.92 Å². The molecule has 0 unspecified atom stereocenters. The van der Waals surface area contributed by atoms with Crippen molar-refractivity contribution in [3.05, 3.63) is 69.8 Å². The van der Waals surface area contributed by atoms with Gasteiger partial charge in [0.25, 0.3) is 5.69 Å². The van der Waals surface area contributed by atoms with Gasteiger partial charge in [0.15, 0.2) is 0 Å². The second kappa shape index (κ2) is 5.77. The van der Waals surface area contributed by atoms with Gasteiger partial charge in [-0.05, 0) is 25.1 Å². The third kappa shape index (κ3) is 3.38. The zero-order chi connectivity index (χ0) is 13.7. The van der Waals surface area contributed by atoms with Crippen LogP contribution in [0, 0.1) is 17.0 Å². The molecule has 0 saturated carbocycles. The number of nitro benzene ring substituents is 1. The standard InChI is InChI=1S/C14H13N3O2/c1-11-6-8-13(9-7-11)16-15-10-12-4-2-3-5-14(12)17(18)19/h2-10,16H,1H3/b15-10+. The highest BCUT2D eigenvalue weighted by Gasteiger charge is 2.09. The molecule has 0 atom stereocenters. The molecule has 5 nitrogen and oxygen atoms in total. The SMILES string of the molecule is Cc1ccc(N/N=C/c2ccccc2[N+](=O)[O-])cc1. The maximum Gasteiger partial charge on any atom is 0.278 e. The Morgan fingerprint density at radius 1 is 1.16 bits per heavy atom. The van der Waals surface area contributed by atoms with E-state index >= 15 is 0 Å². The van der Waals surface area contributed by atoms with Gasteiger partial charge in [-0.15, -0.1) is 0 Å². The third-order valence-corrected chi connectivity index (χ3v) is 2.58. The van der Waals surface area contributed by atoms with Crippen LogP contribution in [-0.2, 0) is 0 Å². The normalized spacial score (nSPS) is 10.6. The van der Waals surface area contributed by atoms with Crippen LogP contribution in [0.2, 0.25) is 0 Å². The highest BCUT2D eigenvalue weighted by atomic mass is 16.6. The molecule has 0 aromatic heterocycles. The number of benzene rings is 2. The summed E-state index contributed by atoms with van der Waals surface area (Å²) < 4.78 is 0. The first-order chi connectivity index (χ1) is 9.16. The van der Waals surface area contributed by atoms with Crippen LogP contribution in [0.5, 0.6) is 0 Å². The molecule has 1 N–H and O–H groups in total. The second-order valence-electron chi connectivity index (χ2n) is 4.05. The fraction of sp³-hybridized carbons (Fsp3) is 0.0714. The van der Waals surface area contributed by atoms with Crippen molar-refractivity contribution in [1.82, 2.24) is 0 Å². The van der Waals surface area contributed by atoms with Gasteiger partial charge < -0.3 is 0 Å². The van der Waals surface area contributed by atoms with Gasteiger partial charge in [-0.2, -0.15) is 5.10 Å². The maximum absolute atomic E-state index is 10.8. The largest absolute Gasteiger partial charge is 0.279 e. The zero-order valence-electron chi connectivity index (χ0n) is 10.4. The molecule has 0 fully saturated rings. The molecule has 5 heteroatoms. The summed E-state index contributed by atoms with van der Waals surface area (Å²) in [6.07, 6.45) is 1.44. The van der Waals surface area contributed by atoms with Crippen molar-refractivity contribution in [2.75, 3.05) is 5.43 Å². The number of hydrogen-bond donors (Lipinski definition) is 1. The molecule has 0 aliphatic rings. The van der Waals surface area contributed by atoms with Crippen LogP contribution >= 0.6 is 0 Å². The summed E-state index contributed by atoms with van der Waals surface area (Å²) in [5, 5.41) is 14.8. The molecule has 0 heterocycles. The van der Waals surface area contributed by atoms with E-state index in [0.29, 0.717) is 5.56 Å². The molecule has 0 aliphatic heterocycles. The smallest absolute Gasteiger partial charge is 0.278 e. The zero-order valence-corrected chi connectivity index (χ0v) is 10.4. The number of hydrazone groups is 1. The minimum Gasteiger partial charge on any atom is -0.279 e. The number of aryl methyl sites for hydroxylation is 1. The van der Waals surface area contributed by atoms with Crippen LogP contribution < -0.4 is 5.43 Å². The van der Waals surface area contributed by atoms with Gasteiger partial charge in [0, 0.05) is 6.07 Å². The number of nitro groups is 1. The summed E-state index contributed by atoms with van der Waals surface area (Å²) >= 11 is 0. The lowest BCUT2D eigenvalue weighted by molar-refractivity contribution is -0.385. The molecule has 0 bridgehead atoms. The minimum atomic E-state index is -0.423. The van der Waals surface area contributed by atoms with E-state index in [0.717, 1.165) is 11.3 Å². The maximum atomic E-state index is 10.8. The van der Waals surface area contributed by atoms with E-state index in [2.05, 4.69) is 10.5 Å². The van der Waals surface area contributed by atoms with E-state index in [1.807, 2.05) is 31.2 Å². The molecular weight excluding hydrogens is 242 g/mol. The Morgan fingerprint density at radius 3 is 2.53 bits per heavy atom. The molecule has 2 aromatic carbocycles. The topological polar surface area (TPSA) is 67.5 Å². The molecule has 2 rings (SSSR count). The number of anilines is 1. The molecule has 0 radical (unpaired) electrons. The Bertz CT molecular complexity index is 606. The van der Waals surface area contributed by atoms with Crippen molar-refractivity contribution in [3.8, 4) is 0 Å². The van der Waals surface area contributed by atoms with Gasteiger partial charge in [-0.1, -0.05) is 29.8 Å². The fourth-order valence-electron chi connectivity index (χ4n) is 1.57. The van der Waals surface area contributed by atoms with Crippen molar-refractivity contribution in [1.29, 1.82) is 0 Å². The molecule has 19 heavy (non-hydrogen) atoms. The summed E-state index contributed by atoms with van der Waals surface area (Å²) in [6, 6.07) is 14.2. The van der Waals surface area contributed by atoms with Crippen molar-refractivity contribution in [2.45, 2.75) is 6.92 Å². The van der Waals surface area contributed by atoms with E-state index in [-0.39, 0.29) is 5.69 Å². The molecule has 0 spiro atoms. The Hall–Kier alpha value is -2.69. The highest BCUT2D eigenvalue weighted by Crippen LogP contribution is 2.15. The van der Waals surface area contributed by atoms with Gasteiger partial charge in [0.1, 0.15) is 0 Å². The van der Waals surface area contributed by atoms with E-state index in [9.17, 15) is 10.1 Å². The molecule has 96 valence electrons. The van der Waals surface area contributed by atoms with Crippen molar-refractivity contribution >= 4 is 17.6 Å². The van der Waals surface area contributed by atoms with Crippen molar-refractivity contribution < 1.29 is 4.92 Å². The first kappa shape index (κ1) is 12.8. The lowest BCUT2D eigenvalue weighted by atomic mass is 10.2. The first-order valence-corrected chi connectivity index (χ1v) is 5.76. The minimum absolute atomic E-state index is 0.0388. The highest BCUT2D eigenvalue weighted by molar-refractivity contribution is 5.85. The van der Waals surface area contributed by atoms with E-state index in [1.54, 1.807) is 18.2 Å². The summed E-state index contributed by atoms with van der Waals surface area (Å²) in [7, 11) is 0. The quantitative estimate of drug-likeness (QED) is 0.517. The Morgan fingerprint density at radius 2 is 1.84 bits per heavy atom. The van der Waals surface area contributed by atoms with E-state index in [4.69, 9.17) is 0 Å².